The Labute approximate surface area is 140 Å². The monoisotopic (exact) mass is 324 g/mol. The molecular formula is C19H20N2O3. The Hall–Kier alpha value is -2.43. The van der Waals surface area contributed by atoms with E-state index in [4.69, 9.17) is 0 Å². The number of amides is 3. The van der Waals surface area contributed by atoms with Crippen molar-refractivity contribution in [3.63, 3.8) is 0 Å². The van der Waals surface area contributed by atoms with Crippen LogP contribution in [0.1, 0.15) is 17.5 Å². The summed E-state index contributed by atoms with van der Waals surface area (Å²) in [5, 5.41) is 2.79. The Bertz CT molecular complexity index is 707. The van der Waals surface area contributed by atoms with Crippen LogP contribution in [0.25, 0.3) is 0 Å². The third-order valence-corrected chi connectivity index (χ3v) is 5.47. The van der Waals surface area contributed by atoms with Crippen LogP contribution >= 0.6 is 0 Å². The molecule has 1 saturated carbocycles. The van der Waals surface area contributed by atoms with Crippen LogP contribution in [0.3, 0.4) is 0 Å². The molecule has 4 rings (SSSR count). The average molecular weight is 324 g/mol. The fraction of sp³-hybridized carbons (Fsp3) is 0.421. The van der Waals surface area contributed by atoms with Crippen molar-refractivity contribution in [2.45, 2.75) is 19.9 Å². The maximum Gasteiger partial charge on any atom is 0.240 e. The highest BCUT2D eigenvalue weighted by molar-refractivity contribution is 6.08. The van der Waals surface area contributed by atoms with E-state index in [-0.39, 0.29) is 47.9 Å². The molecule has 1 heterocycles. The van der Waals surface area contributed by atoms with Crippen molar-refractivity contribution in [3.05, 3.63) is 47.5 Å². The van der Waals surface area contributed by atoms with Crippen LogP contribution in [0.15, 0.2) is 36.4 Å². The van der Waals surface area contributed by atoms with Gasteiger partial charge in [-0.05, 0) is 30.7 Å². The zero-order valence-corrected chi connectivity index (χ0v) is 13.6. The van der Waals surface area contributed by atoms with Crippen LogP contribution in [0.4, 0.5) is 0 Å². The van der Waals surface area contributed by atoms with Gasteiger partial charge in [-0.2, -0.15) is 0 Å². The smallest absolute Gasteiger partial charge is 0.240 e. The molecule has 0 aromatic heterocycles. The largest absolute Gasteiger partial charge is 0.350 e. The van der Waals surface area contributed by atoms with Crippen LogP contribution in [0.2, 0.25) is 0 Å². The summed E-state index contributed by atoms with van der Waals surface area (Å²) in [6.07, 6.45) is 5.01. The molecule has 1 N–H and O–H groups in total. The Balaban J connectivity index is 1.37. The Morgan fingerprint density at radius 1 is 1.08 bits per heavy atom. The van der Waals surface area contributed by atoms with Gasteiger partial charge in [0.1, 0.15) is 6.54 Å². The van der Waals surface area contributed by atoms with Gasteiger partial charge in [-0.15, -0.1) is 0 Å². The van der Waals surface area contributed by atoms with E-state index in [9.17, 15) is 14.4 Å². The zero-order chi connectivity index (χ0) is 16.8. The third-order valence-electron chi connectivity index (χ3n) is 5.47. The third kappa shape index (κ3) is 2.35. The highest BCUT2D eigenvalue weighted by Crippen LogP contribution is 2.52. The van der Waals surface area contributed by atoms with Gasteiger partial charge in [-0.1, -0.05) is 42.0 Å². The highest BCUT2D eigenvalue weighted by atomic mass is 16.2. The van der Waals surface area contributed by atoms with E-state index < -0.39 is 0 Å². The molecule has 1 aromatic rings. The molecule has 3 amide bonds. The fourth-order valence-corrected chi connectivity index (χ4v) is 4.23. The number of hydrogen-bond donors (Lipinski definition) is 1. The molecular weight excluding hydrogens is 304 g/mol. The van der Waals surface area contributed by atoms with Gasteiger partial charge < -0.3 is 5.32 Å². The van der Waals surface area contributed by atoms with Gasteiger partial charge >= 0.3 is 0 Å². The van der Waals surface area contributed by atoms with E-state index in [2.05, 4.69) is 17.5 Å². The number of nitrogens with zero attached hydrogens (tertiary/aromatic N) is 1. The summed E-state index contributed by atoms with van der Waals surface area (Å²) in [4.78, 5) is 38.4. The second-order valence-electron chi connectivity index (χ2n) is 7.02. The fourth-order valence-electron chi connectivity index (χ4n) is 4.23. The minimum absolute atomic E-state index is 0.171. The standard InChI is InChI=1S/C19H20N2O3/c1-11-2-4-12(5-3-11)9-20-15(22)10-21-18(23)16-13-6-7-14(8-13)17(16)19(21)24/h2-7,13-14,16-17H,8-10H2,1H3,(H,20,22). The molecule has 2 bridgehead atoms. The van der Waals surface area contributed by atoms with Crippen LogP contribution in [-0.4, -0.2) is 29.2 Å². The molecule has 3 aliphatic rings. The van der Waals surface area contributed by atoms with E-state index in [1.165, 1.54) is 0 Å². The van der Waals surface area contributed by atoms with Crippen molar-refractivity contribution in [1.82, 2.24) is 10.2 Å². The second-order valence-corrected chi connectivity index (χ2v) is 7.02. The molecule has 0 spiro atoms. The van der Waals surface area contributed by atoms with Gasteiger partial charge in [-0.3, -0.25) is 19.3 Å². The summed E-state index contributed by atoms with van der Waals surface area (Å²) in [5.74, 6) is -0.763. The van der Waals surface area contributed by atoms with Crippen molar-refractivity contribution in [1.29, 1.82) is 0 Å². The molecule has 4 unspecified atom stereocenters. The first-order valence-corrected chi connectivity index (χ1v) is 8.40. The first-order chi connectivity index (χ1) is 11.5. The minimum atomic E-state index is -0.294. The predicted molar refractivity (Wildman–Crippen MR) is 87.5 cm³/mol. The van der Waals surface area contributed by atoms with Gasteiger partial charge in [0.25, 0.3) is 0 Å². The van der Waals surface area contributed by atoms with Gasteiger partial charge in [0, 0.05) is 6.54 Å². The Morgan fingerprint density at radius 2 is 1.67 bits per heavy atom. The maximum absolute atomic E-state index is 12.5. The molecule has 0 radical (unpaired) electrons. The van der Waals surface area contributed by atoms with Crippen LogP contribution in [0, 0.1) is 30.6 Å². The highest BCUT2D eigenvalue weighted by Gasteiger charge is 2.59. The number of carbonyl (C=O) groups is 3. The molecule has 5 nitrogen and oxygen atoms in total. The molecule has 1 aliphatic heterocycles. The number of carbonyl (C=O) groups excluding carboxylic acids is 3. The summed E-state index contributed by atoms with van der Waals surface area (Å²) in [5.41, 5.74) is 2.15. The summed E-state index contributed by atoms with van der Waals surface area (Å²) >= 11 is 0. The Kier molecular flexibility index (Phi) is 3.52. The van der Waals surface area contributed by atoms with Crippen molar-refractivity contribution in [2.24, 2.45) is 23.7 Å². The minimum Gasteiger partial charge on any atom is -0.350 e. The summed E-state index contributed by atoms with van der Waals surface area (Å²) < 4.78 is 0. The molecule has 124 valence electrons. The van der Waals surface area contributed by atoms with E-state index in [0.29, 0.717) is 6.54 Å². The molecule has 4 atom stereocenters. The molecule has 5 heteroatoms. The number of aryl methyl sites for hydroxylation is 1. The lowest BCUT2D eigenvalue weighted by molar-refractivity contribution is -0.144. The zero-order valence-electron chi connectivity index (χ0n) is 13.6. The number of likely N-dealkylation sites (tertiary alicyclic amines) is 1. The lowest BCUT2D eigenvalue weighted by Gasteiger charge is -2.16. The van der Waals surface area contributed by atoms with Gasteiger partial charge in [0.05, 0.1) is 11.8 Å². The first kappa shape index (κ1) is 15.1. The van der Waals surface area contributed by atoms with Crippen molar-refractivity contribution < 1.29 is 14.4 Å². The Morgan fingerprint density at radius 3 is 2.25 bits per heavy atom. The second kappa shape index (κ2) is 5.58. The number of nitrogens with one attached hydrogen (secondary N) is 1. The molecule has 1 aromatic carbocycles. The van der Waals surface area contributed by atoms with E-state index >= 15 is 0 Å². The number of imide groups is 1. The van der Waals surface area contributed by atoms with Crippen molar-refractivity contribution >= 4 is 17.7 Å². The number of rotatable bonds is 4. The van der Waals surface area contributed by atoms with Crippen LogP contribution < -0.4 is 5.32 Å². The number of benzene rings is 1. The van der Waals surface area contributed by atoms with Gasteiger partial charge in [-0.25, -0.2) is 0 Å². The average Bonchev–Trinajstić information content (AvgIpc) is 3.24. The number of fused-ring (bicyclic) bond motifs is 5. The van der Waals surface area contributed by atoms with Gasteiger partial charge in [0.2, 0.25) is 17.7 Å². The molecule has 2 fully saturated rings. The lowest BCUT2D eigenvalue weighted by Crippen LogP contribution is -2.41. The first-order valence-electron chi connectivity index (χ1n) is 8.40. The molecule has 1 saturated heterocycles. The molecule has 2 aliphatic carbocycles. The number of hydrogen-bond acceptors (Lipinski definition) is 3. The maximum atomic E-state index is 12.5. The van der Waals surface area contributed by atoms with Crippen molar-refractivity contribution in [3.8, 4) is 0 Å². The summed E-state index contributed by atoms with van der Waals surface area (Å²) in [6.45, 7) is 2.23. The topological polar surface area (TPSA) is 66.5 Å². The van der Waals surface area contributed by atoms with Gasteiger partial charge in [0.15, 0.2) is 0 Å². The van der Waals surface area contributed by atoms with Crippen molar-refractivity contribution in [2.75, 3.05) is 6.54 Å². The summed E-state index contributed by atoms with van der Waals surface area (Å²) in [7, 11) is 0. The van der Waals surface area contributed by atoms with E-state index in [1.807, 2.05) is 31.2 Å². The van der Waals surface area contributed by atoms with E-state index in [1.54, 1.807) is 0 Å². The normalized spacial score (nSPS) is 30.1. The predicted octanol–water partition coefficient (Wildman–Crippen LogP) is 1.42. The van der Waals surface area contributed by atoms with E-state index in [0.717, 1.165) is 22.4 Å². The lowest BCUT2D eigenvalue weighted by atomic mass is 9.85. The molecule has 24 heavy (non-hydrogen) atoms. The number of allylic oxidation sites excluding steroid dienone is 2. The summed E-state index contributed by atoms with van der Waals surface area (Å²) in [6, 6.07) is 7.88. The van der Waals surface area contributed by atoms with Crippen LogP contribution in [-0.2, 0) is 20.9 Å². The quantitative estimate of drug-likeness (QED) is 0.673. The van der Waals surface area contributed by atoms with Crippen LogP contribution in [0.5, 0.6) is 0 Å². The SMILES string of the molecule is Cc1ccc(CNC(=O)CN2C(=O)C3C4C=CC(C4)C3C2=O)cc1.